The van der Waals surface area contributed by atoms with Crippen molar-refractivity contribution in [3.8, 4) is 11.5 Å². The van der Waals surface area contributed by atoms with Crippen molar-refractivity contribution < 1.29 is 4.42 Å². The fourth-order valence-electron chi connectivity index (χ4n) is 2.61. The van der Waals surface area contributed by atoms with E-state index in [0.29, 0.717) is 12.0 Å². The Morgan fingerprint density at radius 1 is 1.37 bits per heavy atom. The molecule has 102 valence electrons. The van der Waals surface area contributed by atoms with Crippen LogP contribution in [0.4, 0.5) is 5.82 Å². The zero-order valence-electron chi connectivity index (χ0n) is 10.9. The normalized spacial score (nSPS) is 23.4. The summed E-state index contributed by atoms with van der Waals surface area (Å²) in [6.45, 7) is 0.967. The van der Waals surface area contributed by atoms with Crippen LogP contribution < -0.4 is 11.1 Å². The Kier molecular flexibility index (Phi) is 3.55. The van der Waals surface area contributed by atoms with Gasteiger partial charge in [0.25, 0.3) is 0 Å². The molecule has 5 heteroatoms. The van der Waals surface area contributed by atoms with Gasteiger partial charge < -0.3 is 15.5 Å². The molecule has 0 atom stereocenters. The summed E-state index contributed by atoms with van der Waals surface area (Å²) in [4.78, 5) is 0. The number of anilines is 1. The van der Waals surface area contributed by atoms with Crippen LogP contribution in [0, 0.1) is 5.92 Å². The van der Waals surface area contributed by atoms with Crippen molar-refractivity contribution in [1.29, 1.82) is 0 Å². The minimum Gasteiger partial charge on any atom is -0.463 e. The maximum atomic E-state index is 5.91. The maximum Gasteiger partial charge on any atom is 0.151 e. The van der Waals surface area contributed by atoms with Crippen LogP contribution in [0.2, 0.25) is 0 Å². The first-order chi connectivity index (χ1) is 9.31. The van der Waals surface area contributed by atoms with Gasteiger partial charge in [-0.2, -0.15) is 5.10 Å². The zero-order valence-corrected chi connectivity index (χ0v) is 10.9. The molecule has 19 heavy (non-hydrogen) atoms. The molecule has 1 fully saturated rings. The second kappa shape index (κ2) is 5.48. The monoisotopic (exact) mass is 260 g/mol. The molecule has 3 rings (SSSR count). The lowest BCUT2D eigenvalue weighted by Crippen LogP contribution is -2.29. The third-order valence-corrected chi connectivity index (χ3v) is 3.83. The number of hydrogen-bond donors (Lipinski definition) is 3. The highest BCUT2D eigenvalue weighted by Gasteiger charge is 2.18. The van der Waals surface area contributed by atoms with Gasteiger partial charge in [0.05, 0.1) is 6.26 Å². The van der Waals surface area contributed by atoms with Gasteiger partial charge in [-0.1, -0.05) is 0 Å². The Balaban J connectivity index is 1.53. The molecule has 2 heterocycles. The van der Waals surface area contributed by atoms with E-state index in [2.05, 4.69) is 15.5 Å². The van der Waals surface area contributed by atoms with E-state index in [1.807, 2.05) is 18.2 Å². The van der Waals surface area contributed by atoms with Crippen molar-refractivity contribution in [1.82, 2.24) is 10.2 Å². The largest absolute Gasteiger partial charge is 0.463 e. The van der Waals surface area contributed by atoms with Gasteiger partial charge >= 0.3 is 0 Å². The summed E-state index contributed by atoms with van der Waals surface area (Å²) in [5.74, 6) is 2.40. The average molecular weight is 260 g/mol. The molecule has 0 radical (unpaired) electrons. The highest BCUT2D eigenvalue weighted by atomic mass is 16.3. The van der Waals surface area contributed by atoms with Gasteiger partial charge in [0.2, 0.25) is 0 Å². The molecule has 0 aromatic carbocycles. The van der Waals surface area contributed by atoms with E-state index in [9.17, 15) is 0 Å². The molecule has 1 aliphatic carbocycles. The fourth-order valence-corrected chi connectivity index (χ4v) is 2.61. The van der Waals surface area contributed by atoms with Crippen molar-refractivity contribution in [3.63, 3.8) is 0 Å². The first-order valence-electron chi connectivity index (χ1n) is 6.90. The Morgan fingerprint density at radius 2 is 2.21 bits per heavy atom. The van der Waals surface area contributed by atoms with Crippen LogP contribution in [0.5, 0.6) is 0 Å². The second-order valence-electron chi connectivity index (χ2n) is 5.31. The molecule has 0 aliphatic heterocycles. The summed E-state index contributed by atoms with van der Waals surface area (Å²) in [6, 6.07) is 6.18. The third-order valence-electron chi connectivity index (χ3n) is 3.83. The minimum absolute atomic E-state index is 0.409. The van der Waals surface area contributed by atoms with E-state index >= 15 is 0 Å². The number of aromatic nitrogens is 2. The third kappa shape index (κ3) is 2.98. The number of nitrogens with zero attached hydrogens (tertiary/aromatic N) is 1. The Bertz CT molecular complexity index is 497. The number of H-pyrrole nitrogens is 1. The first-order valence-corrected chi connectivity index (χ1v) is 6.90. The summed E-state index contributed by atoms with van der Waals surface area (Å²) >= 11 is 0. The number of furan rings is 1. The SMILES string of the molecule is NC1CCC(CNc2cc(-c3ccco3)[nH]n2)CC1. The summed E-state index contributed by atoms with van der Waals surface area (Å²) in [6.07, 6.45) is 6.37. The van der Waals surface area contributed by atoms with Crippen molar-refractivity contribution in [2.45, 2.75) is 31.7 Å². The first kappa shape index (κ1) is 12.3. The van der Waals surface area contributed by atoms with E-state index in [-0.39, 0.29) is 0 Å². The van der Waals surface area contributed by atoms with Gasteiger partial charge in [-0.3, -0.25) is 5.10 Å². The molecule has 0 spiro atoms. The van der Waals surface area contributed by atoms with Gasteiger partial charge in [-0.25, -0.2) is 0 Å². The average Bonchev–Trinajstić information content (AvgIpc) is 3.09. The molecule has 2 aromatic heterocycles. The summed E-state index contributed by atoms with van der Waals surface area (Å²) < 4.78 is 5.33. The van der Waals surface area contributed by atoms with Crippen LogP contribution >= 0.6 is 0 Å². The standard InChI is InChI=1S/C14H20N4O/c15-11-5-3-10(4-6-11)9-16-14-8-12(17-18-14)13-2-1-7-19-13/h1-2,7-8,10-11H,3-6,9,15H2,(H2,16,17,18). The van der Waals surface area contributed by atoms with Crippen LogP contribution in [0.1, 0.15) is 25.7 Å². The molecule has 0 unspecified atom stereocenters. The summed E-state index contributed by atoms with van der Waals surface area (Å²) in [7, 11) is 0. The molecule has 5 nitrogen and oxygen atoms in total. The molecule has 4 N–H and O–H groups in total. The molecule has 1 saturated carbocycles. The van der Waals surface area contributed by atoms with Crippen molar-refractivity contribution >= 4 is 5.82 Å². The summed E-state index contributed by atoms with van der Waals surface area (Å²) in [5, 5.41) is 10.6. The van der Waals surface area contributed by atoms with E-state index in [1.54, 1.807) is 6.26 Å². The lowest BCUT2D eigenvalue weighted by Gasteiger charge is -2.25. The number of nitrogens with one attached hydrogen (secondary N) is 2. The van der Waals surface area contributed by atoms with Crippen molar-refractivity contribution in [3.05, 3.63) is 24.5 Å². The molecule has 2 aromatic rings. The van der Waals surface area contributed by atoms with Crippen LogP contribution in [-0.4, -0.2) is 22.8 Å². The Labute approximate surface area is 112 Å². The van der Waals surface area contributed by atoms with Crippen LogP contribution in [0.3, 0.4) is 0 Å². The number of rotatable bonds is 4. The van der Waals surface area contributed by atoms with E-state index in [4.69, 9.17) is 10.2 Å². The van der Waals surface area contributed by atoms with Crippen LogP contribution in [0.15, 0.2) is 28.9 Å². The van der Waals surface area contributed by atoms with Gasteiger partial charge in [0, 0.05) is 18.7 Å². The van der Waals surface area contributed by atoms with E-state index < -0.39 is 0 Å². The summed E-state index contributed by atoms with van der Waals surface area (Å²) in [5.41, 5.74) is 6.81. The predicted molar refractivity (Wildman–Crippen MR) is 74.7 cm³/mol. The quantitative estimate of drug-likeness (QED) is 0.789. The smallest absolute Gasteiger partial charge is 0.151 e. The van der Waals surface area contributed by atoms with Crippen LogP contribution in [0.25, 0.3) is 11.5 Å². The molecule has 0 amide bonds. The van der Waals surface area contributed by atoms with Gasteiger partial charge in [-0.15, -0.1) is 0 Å². The van der Waals surface area contributed by atoms with Gasteiger partial charge in [-0.05, 0) is 43.7 Å². The highest BCUT2D eigenvalue weighted by Crippen LogP contribution is 2.24. The maximum absolute atomic E-state index is 5.91. The van der Waals surface area contributed by atoms with Crippen molar-refractivity contribution in [2.24, 2.45) is 11.7 Å². The van der Waals surface area contributed by atoms with Gasteiger partial charge in [0.1, 0.15) is 11.5 Å². The molecule has 0 saturated heterocycles. The van der Waals surface area contributed by atoms with E-state index in [0.717, 1.165) is 36.7 Å². The highest BCUT2D eigenvalue weighted by molar-refractivity contribution is 5.57. The minimum atomic E-state index is 0.409. The predicted octanol–water partition coefficient (Wildman–Crippen LogP) is 2.60. The van der Waals surface area contributed by atoms with Crippen molar-refractivity contribution in [2.75, 3.05) is 11.9 Å². The molecule has 0 bridgehead atoms. The number of hydrogen-bond acceptors (Lipinski definition) is 4. The fraction of sp³-hybridized carbons (Fsp3) is 0.500. The van der Waals surface area contributed by atoms with Crippen LogP contribution in [-0.2, 0) is 0 Å². The Morgan fingerprint density at radius 3 is 2.95 bits per heavy atom. The topological polar surface area (TPSA) is 79.9 Å². The lowest BCUT2D eigenvalue weighted by atomic mass is 9.86. The number of aromatic amines is 1. The molecular formula is C14H20N4O. The molecular weight excluding hydrogens is 240 g/mol. The second-order valence-corrected chi connectivity index (χ2v) is 5.31. The zero-order chi connectivity index (χ0) is 13.1. The lowest BCUT2D eigenvalue weighted by molar-refractivity contribution is 0.338. The van der Waals surface area contributed by atoms with E-state index in [1.165, 1.54) is 12.8 Å². The molecule has 1 aliphatic rings. The van der Waals surface area contributed by atoms with Gasteiger partial charge in [0.15, 0.2) is 5.76 Å². The Hall–Kier alpha value is -1.75. The number of nitrogens with two attached hydrogens (primary N) is 1.